The summed E-state index contributed by atoms with van der Waals surface area (Å²) in [6.45, 7) is 8.16. The average molecular weight is 344 g/mol. The first-order valence-electron chi connectivity index (χ1n) is 9.37. The van der Waals surface area contributed by atoms with Crippen LogP contribution in [0.3, 0.4) is 0 Å². The first-order valence-corrected chi connectivity index (χ1v) is 9.37. The van der Waals surface area contributed by atoms with Gasteiger partial charge in [0.25, 0.3) is 0 Å². The monoisotopic (exact) mass is 344 g/mol. The predicted molar refractivity (Wildman–Crippen MR) is 105 cm³/mol. The summed E-state index contributed by atoms with van der Waals surface area (Å²) < 4.78 is 0. The molecule has 0 saturated heterocycles. The summed E-state index contributed by atoms with van der Waals surface area (Å²) in [7, 11) is 0. The lowest BCUT2D eigenvalue weighted by molar-refractivity contribution is 0.722. The second-order valence-corrected chi connectivity index (χ2v) is 7.19. The number of anilines is 1. The van der Waals surface area contributed by atoms with Gasteiger partial charge in [0, 0.05) is 24.2 Å². The van der Waals surface area contributed by atoms with Crippen molar-refractivity contribution in [1.29, 1.82) is 5.26 Å². The van der Waals surface area contributed by atoms with Gasteiger partial charge >= 0.3 is 0 Å². The van der Waals surface area contributed by atoms with Crippen molar-refractivity contribution in [1.82, 2.24) is 9.97 Å². The molecule has 0 fully saturated rings. The van der Waals surface area contributed by atoms with Gasteiger partial charge in [-0.1, -0.05) is 37.6 Å². The SMILES string of the molecule is CCCc1c(C#N)nc(N2CCc3ccccc3C2)c2[nH]c(C)c(C)c12. The number of H-pyrrole nitrogens is 1. The topological polar surface area (TPSA) is 55.7 Å². The van der Waals surface area contributed by atoms with E-state index in [1.54, 1.807) is 0 Å². The Morgan fingerprint density at radius 3 is 2.73 bits per heavy atom. The minimum absolute atomic E-state index is 0.579. The van der Waals surface area contributed by atoms with Gasteiger partial charge in [0.15, 0.2) is 5.82 Å². The van der Waals surface area contributed by atoms with Crippen LogP contribution in [-0.4, -0.2) is 16.5 Å². The van der Waals surface area contributed by atoms with E-state index in [-0.39, 0.29) is 0 Å². The number of aromatic nitrogens is 2. The molecule has 0 radical (unpaired) electrons. The van der Waals surface area contributed by atoms with Gasteiger partial charge in [0.05, 0.1) is 5.52 Å². The molecular weight excluding hydrogens is 320 g/mol. The minimum Gasteiger partial charge on any atom is -0.355 e. The number of nitrogens with zero attached hydrogens (tertiary/aromatic N) is 3. The molecule has 3 aromatic rings. The van der Waals surface area contributed by atoms with E-state index in [0.717, 1.165) is 54.9 Å². The molecule has 4 heteroatoms. The number of fused-ring (bicyclic) bond motifs is 2. The first kappa shape index (κ1) is 16.7. The molecule has 132 valence electrons. The molecule has 3 heterocycles. The highest BCUT2D eigenvalue weighted by Gasteiger charge is 2.24. The van der Waals surface area contributed by atoms with E-state index in [4.69, 9.17) is 4.98 Å². The minimum atomic E-state index is 0.579. The zero-order valence-corrected chi connectivity index (χ0v) is 15.7. The Bertz CT molecular complexity index is 1020. The Labute approximate surface area is 154 Å². The van der Waals surface area contributed by atoms with Crippen molar-refractivity contribution >= 4 is 16.7 Å². The number of nitriles is 1. The third kappa shape index (κ3) is 2.55. The summed E-state index contributed by atoms with van der Waals surface area (Å²) in [6, 6.07) is 11.0. The molecule has 26 heavy (non-hydrogen) atoms. The van der Waals surface area contributed by atoms with Gasteiger partial charge in [-0.05, 0) is 48.9 Å². The Morgan fingerprint density at radius 1 is 1.23 bits per heavy atom. The Morgan fingerprint density at radius 2 is 2.00 bits per heavy atom. The van der Waals surface area contributed by atoms with Crippen molar-refractivity contribution in [2.24, 2.45) is 0 Å². The number of hydrogen-bond donors (Lipinski definition) is 1. The molecule has 4 nitrogen and oxygen atoms in total. The molecule has 1 aromatic carbocycles. The quantitative estimate of drug-likeness (QED) is 0.757. The maximum atomic E-state index is 9.74. The maximum absolute atomic E-state index is 9.74. The Balaban J connectivity index is 1.90. The molecule has 1 N–H and O–H groups in total. The van der Waals surface area contributed by atoms with Crippen LogP contribution < -0.4 is 4.90 Å². The molecule has 0 bridgehead atoms. The van der Waals surface area contributed by atoms with Gasteiger partial charge in [-0.3, -0.25) is 0 Å². The normalized spacial score (nSPS) is 13.7. The van der Waals surface area contributed by atoms with Gasteiger partial charge < -0.3 is 9.88 Å². The van der Waals surface area contributed by atoms with Gasteiger partial charge in [-0.25, -0.2) is 4.98 Å². The zero-order chi connectivity index (χ0) is 18.3. The highest BCUT2D eigenvalue weighted by molar-refractivity contribution is 5.96. The van der Waals surface area contributed by atoms with Crippen molar-refractivity contribution in [3.63, 3.8) is 0 Å². The van der Waals surface area contributed by atoms with Crippen LogP contribution in [0.1, 0.15) is 47.0 Å². The van der Waals surface area contributed by atoms with Crippen LogP contribution in [0.25, 0.3) is 10.9 Å². The van der Waals surface area contributed by atoms with E-state index in [2.05, 4.69) is 61.0 Å². The first-order chi connectivity index (χ1) is 12.6. The lowest BCUT2D eigenvalue weighted by Crippen LogP contribution is -2.31. The predicted octanol–water partition coefficient (Wildman–Crippen LogP) is 4.57. The molecule has 0 saturated carbocycles. The largest absolute Gasteiger partial charge is 0.355 e. The number of nitrogens with one attached hydrogen (secondary N) is 1. The number of hydrogen-bond acceptors (Lipinski definition) is 3. The summed E-state index contributed by atoms with van der Waals surface area (Å²) >= 11 is 0. The number of benzene rings is 1. The number of rotatable bonds is 3. The van der Waals surface area contributed by atoms with E-state index in [1.807, 2.05) is 0 Å². The van der Waals surface area contributed by atoms with Crippen LogP contribution in [0.15, 0.2) is 24.3 Å². The lowest BCUT2D eigenvalue weighted by Gasteiger charge is -2.30. The lowest BCUT2D eigenvalue weighted by atomic mass is 9.98. The fourth-order valence-corrected chi connectivity index (χ4v) is 4.10. The Hall–Kier alpha value is -2.80. The molecule has 2 aromatic heterocycles. The number of aryl methyl sites for hydroxylation is 3. The standard InChI is InChI=1S/C22H24N4/c1-4-7-18-19(12-23)25-22(21-20(18)14(2)15(3)24-21)26-11-10-16-8-5-6-9-17(16)13-26/h5-6,8-9,24H,4,7,10-11,13H2,1-3H3. The summed E-state index contributed by atoms with van der Waals surface area (Å²) in [4.78, 5) is 10.7. The number of aromatic amines is 1. The summed E-state index contributed by atoms with van der Waals surface area (Å²) in [5.41, 5.74) is 7.92. The third-order valence-electron chi connectivity index (χ3n) is 5.57. The van der Waals surface area contributed by atoms with E-state index in [0.29, 0.717) is 5.69 Å². The zero-order valence-electron chi connectivity index (χ0n) is 15.7. The van der Waals surface area contributed by atoms with Crippen molar-refractivity contribution in [2.75, 3.05) is 11.4 Å². The molecule has 0 unspecified atom stereocenters. The highest BCUT2D eigenvalue weighted by Crippen LogP contribution is 2.35. The molecule has 0 atom stereocenters. The fourth-order valence-electron chi connectivity index (χ4n) is 4.10. The van der Waals surface area contributed by atoms with Gasteiger partial charge in [-0.15, -0.1) is 0 Å². The maximum Gasteiger partial charge on any atom is 0.154 e. The van der Waals surface area contributed by atoms with Crippen molar-refractivity contribution in [3.05, 3.63) is 57.9 Å². The van der Waals surface area contributed by atoms with E-state index in [1.165, 1.54) is 22.1 Å². The Kier molecular flexibility index (Phi) is 4.16. The van der Waals surface area contributed by atoms with Crippen LogP contribution in [0.2, 0.25) is 0 Å². The van der Waals surface area contributed by atoms with Crippen molar-refractivity contribution in [2.45, 2.75) is 46.6 Å². The van der Waals surface area contributed by atoms with Crippen LogP contribution >= 0.6 is 0 Å². The fraction of sp³-hybridized carbons (Fsp3) is 0.364. The van der Waals surface area contributed by atoms with E-state index < -0.39 is 0 Å². The third-order valence-corrected chi connectivity index (χ3v) is 5.57. The van der Waals surface area contributed by atoms with Crippen LogP contribution in [0.5, 0.6) is 0 Å². The van der Waals surface area contributed by atoms with Gasteiger partial charge in [0.2, 0.25) is 0 Å². The number of pyridine rings is 1. The van der Waals surface area contributed by atoms with Gasteiger partial charge in [-0.2, -0.15) is 5.26 Å². The molecule has 4 rings (SSSR count). The van der Waals surface area contributed by atoms with Crippen LogP contribution in [0.4, 0.5) is 5.82 Å². The molecule has 1 aliphatic heterocycles. The highest BCUT2D eigenvalue weighted by atomic mass is 15.2. The molecule has 0 amide bonds. The van der Waals surface area contributed by atoms with Crippen molar-refractivity contribution in [3.8, 4) is 6.07 Å². The smallest absolute Gasteiger partial charge is 0.154 e. The summed E-state index contributed by atoms with van der Waals surface area (Å²) in [6.07, 6.45) is 2.90. The van der Waals surface area contributed by atoms with E-state index >= 15 is 0 Å². The van der Waals surface area contributed by atoms with Crippen LogP contribution in [0, 0.1) is 25.2 Å². The summed E-state index contributed by atoms with van der Waals surface area (Å²) in [5, 5.41) is 10.9. The summed E-state index contributed by atoms with van der Waals surface area (Å²) in [5.74, 6) is 0.919. The molecule has 0 aliphatic carbocycles. The van der Waals surface area contributed by atoms with Crippen molar-refractivity contribution < 1.29 is 0 Å². The molecular formula is C22H24N4. The van der Waals surface area contributed by atoms with Crippen LogP contribution in [-0.2, 0) is 19.4 Å². The molecule has 1 aliphatic rings. The molecule has 0 spiro atoms. The van der Waals surface area contributed by atoms with Gasteiger partial charge in [0.1, 0.15) is 11.8 Å². The van der Waals surface area contributed by atoms with E-state index in [9.17, 15) is 5.26 Å². The average Bonchev–Trinajstić information content (AvgIpc) is 2.96. The second kappa shape index (κ2) is 6.49. The second-order valence-electron chi connectivity index (χ2n) is 7.19.